The minimum Gasteiger partial charge on any atom is -0.480 e. The quantitative estimate of drug-likeness (QED) is 0.455. The topological polar surface area (TPSA) is 122 Å². The van der Waals surface area contributed by atoms with Gasteiger partial charge in [0, 0.05) is 0 Å². The summed E-state index contributed by atoms with van der Waals surface area (Å²) in [4.78, 5) is 33.0. The van der Waals surface area contributed by atoms with E-state index in [4.69, 9.17) is 10.8 Å². The minimum atomic E-state index is -1.14. The first-order chi connectivity index (χ1) is 7.25. The third-order valence-corrected chi connectivity index (χ3v) is 1.89. The van der Waals surface area contributed by atoms with Crippen LogP contribution in [0.1, 0.15) is 20.8 Å². The third-order valence-electron chi connectivity index (χ3n) is 1.89. The van der Waals surface area contributed by atoms with Crippen molar-refractivity contribution in [2.45, 2.75) is 38.9 Å². The van der Waals surface area contributed by atoms with Gasteiger partial charge in [-0.2, -0.15) is 0 Å². The molecule has 1 unspecified atom stereocenters. The molecule has 92 valence electrons. The summed E-state index contributed by atoms with van der Waals surface area (Å²) in [6, 6.07) is -2.53. The predicted molar refractivity (Wildman–Crippen MR) is 56.5 cm³/mol. The Labute approximate surface area is 93.4 Å². The molecule has 3 atom stereocenters. The Morgan fingerprint density at radius 2 is 1.44 bits per heavy atom. The predicted octanol–water partition coefficient (Wildman–Crippen LogP) is -1.57. The van der Waals surface area contributed by atoms with E-state index in [0.717, 1.165) is 0 Å². The van der Waals surface area contributed by atoms with Crippen LogP contribution in [0, 0.1) is 0 Å². The van der Waals surface area contributed by atoms with Gasteiger partial charge in [-0.3, -0.25) is 14.4 Å². The highest BCUT2D eigenvalue weighted by Gasteiger charge is 2.21. The van der Waals surface area contributed by atoms with Gasteiger partial charge in [-0.15, -0.1) is 0 Å². The van der Waals surface area contributed by atoms with Gasteiger partial charge >= 0.3 is 5.97 Å². The molecule has 0 fully saturated rings. The zero-order chi connectivity index (χ0) is 12.9. The van der Waals surface area contributed by atoms with Crippen LogP contribution >= 0.6 is 0 Å². The number of nitrogens with one attached hydrogen (secondary N) is 2. The van der Waals surface area contributed by atoms with Crippen molar-refractivity contribution in [3.05, 3.63) is 0 Å². The summed E-state index contributed by atoms with van der Waals surface area (Å²) in [6.07, 6.45) is 0. The molecular formula is C9H17N3O4. The van der Waals surface area contributed by atoms with Gasteiger partial charge in [0.2, 0.25) is 11.8 Å². The highest BCUT2D eigenvalue weighted by molar-refractivity contribution is 5.91. The molecule has 2 amide bonds. The average Bonchev–Trinajstić information content (AvgIpc) is 2.16. The fraction of sp³-hybridized carbons (Fsp3) is 0.667. The Bertz CT molecular complexity index is 290. The molecule has 5 N–H and O–H groups in total. The molecule has 0 aliphatic heterocycles. The van der Waals surface area contributed by atoms with Crippen LogP contribution in [0.3, 0.4) is 0 Å². The minimum absolute atomic E-state index is 0.467. The lowest BCUT2D eigenvalue weighted by atomic mass is 10.2. The number of carboxylic acid groups (broad SMARTS) is 1. The fourth-order valence-electron chi connectivity index (χ4n) is 0.811. The summed E-state index contributed by atoms with van der Waals surface area (Å²) in [5.74, 6) is -2.17. The number of carboxylic acids is 1. The van der Waals surface area contributed by atoms with Crippen LogP contribution in [0.15, 0.2) is 0 Å². The molecule has 0 aromatic carbocycles. The van der Waals surface area contributed by atoms with Crippen LogP contribution in [-0.4, -0.2) is 41.0 Å². The maximum atomic E-state index is 11.4. The van der Waals surface area contributed by atoms with Gasteiger partial charge in [0.15, 0.2) is 0 Å². The largest absolute Gasteiger partial charge is 0.480 e. The SMILES string of the molecule is CC(N)C(=O)N[C@H](C)C(=O)N[C@H](C)C(=O)O. The lowest BCUT2D eigenvalue weighted by molar-refractivity contribution is -0.141. The molecule has 0 aliphatic carbocycles. The molecule has 7 nitrogen and oxygen atoms in total. The molecule has 0 aliphatic rings. The fourth-order valence-corrected chi connectivity index (χ4v) is 0.811. The van der Waals surface area contributed by atoms with Crippen molar-refractivity contribution in [3.63, 3.8) is 0 Å². The number of carbonyl (C=O) groups is 3. The third kappa shape index (κ3) is 4.74. The Morgan fingerprint density at radius 3 is 1.81 bits per heavy atom. The highest BCUT2D eigenvalue weighted by Crippen LogP contribution is 1.88. The van der Waals surface area contributed by atoms with Gasteiger partial charge in [-0.1, -0.05) is 0 Å². The Hall–Kier alpha value is -1.63. The number of rotatable bonds is 5. The summed E-state index contributed by atoms with van der Waals surface area (Å²) in [7, 11) is 0. The standard InChI is InChI=1S/C9H17N3O4/c1-4(10)7(13)11-5(2)8(14)12-6(3)9(15)16/h4-6H,10H2,1-3H3,(H,11,13)(H,12,14)(H,15,16)/t4?,5-,6-/m1/s1. The molecule has 16 heavy (non-hydrogen) atoms. The molecule has 0 bridgehead atoms. The number of hydrogen-bond acceptors (Lipinski definition) is 4. The molecule has 0 aromatic rings. The van der Waals surface area contributed by atoms with Crippen LogP contribution in [0.4, 0.5) is 0 Å². The lowest BCUT2D eigenvalue weighted by Crippen LogP contribution is -2.52. The van der Waals surface area contributed by atoms with Crippen molar-refractivity contribution in [2.75, 3.05) is 0 Å². The van der Waals surface area contributed by atoms with Crippen molar-refractivity contribution in [1.29, 1.82) is 0 Å². The van der Waals surface area contributed by atoms with Gasteiger partial charge in [-0.25, -0.2) is 0 Å². The van der Waals surface area contributed by atoms with E-state index >= 15 is 0 Å². The molecular weight excluding hydrogens is 214 g/mol. The second kappa shape index (κ2) is 6.06. The van der Waals surface area contributed by atoms with Crippen LogP contribution in [-0.2, 0) is 14.4 Å². The zero-order valence-corrected chi connectivity index (χ0v) is 9.48. The van der Waals surface area contributed by atoms with E-state index < -0.39 is 35.9 Å². The summed E-state index contributed by atoms with van der Waals surface area (Å²) in [5, 5.41) is 13.1. The van der Waals surface area contributed by atoms with Crippen molar-refractivity contribution in [2.24, 2.45) is 5.73 Å². The second-order valence-corrected chi connectivity index (χ2v) is 3.59. The van der Waals surface area contributed by atoms with Gasteiger partial charge in [0.1, 0.15) is 12.1 Å². The monoisotopic (exact) mass is 231 g/mol. The lowest BCUT2D eigenvalue weighted by Gasteiger charge is -2.17. The Morgan fingerprint density at radius 1 is 1.00 bits per heavy atom. The molecule has 0 rings (SSSR count). The molecule has 0 heterocycles. The maximum Gasteiger partial charge on any atom is 0.325 e. The Balaban J connectivity index is 4.19. The van der Waals surface area contributed by atoms with E-state index in [2.05, 4.69) is 10.6 Å². The molecule has 0 spiro atoms. The molecule has 0 saturated heterocycles. The van der Waals surface area contributed by atoms with Crippen molar-refractivity contribution in [3.8, 4) is 0 Å². The first-order valence-corrected chi connectivity index (χ1v) is 4.84. The van der Waals surface area contributed by atoms with Crippen molar-refractivity contribution in [1.82, 2.24) is 10.6 Å². The van der Waals surface area contributed by atoms with Crippen LogP contribution in [0.25, 0.3) is 0 Å². The molecule has 0 radical (unpaired) electrons. The first kappa shape index (κ1) is 14.4. The molecule has 0 aromatic heterocycles. The van der Waals surface area contributed by atoms with Gasteiger partial charge < -0.3 is 21.5 Å². The highest BCUT2D eigenvalue weighted by atomic mass is 16.4. The zero-order valence-electron chi connectivity index (χ0n) is 9.48. The van der Waals surface area contributed by atoms with Crippen LogP contribution in [0.2, 0.25) is 0 Å². The van der Waals surface area contributed by atoms with E-state index in [0.29, 0.717) is 0 Å². The number of amides is 2. The number of hydrogen-bond donors (Lipinski definition) is 4. The Kier molecular flexibility index (Phi) is 5.44. The smallest absolute Gasteiger partial charge is 0.325 e. The number of nitrogens with two attached hydrogens (primary N) is 1. The normalized spacial score (nSPS) is 15.8. The second-order valence-electron chi connectivity index (χ2n) is 3.59. The number of carbonyl (C=O) groups excluding carboxylic acids is 2. The van der Waals surface area contributed by atoms with E-state index in [9.17, 15) is 14.4 Å². The van der Waals surface area contributed by atoms with Crippen molar-refractivity contribution >= 4 is 17.8 Å². The van der Waals surface area contributed by atoms with Gasteiger partial charge in [0.05, 0.1) is 6.04 Å². The summed E-state index contributed by atoms with van der Waals surface area (Å²) >= 11 is 0. The molecule has 0 saturated carbocycles. The first-order valence-electron chi connectivity index (χ1n) is 4.84. The summed E-state index contributed by atoms with van der Waals surface area (Å²) < 4.78 is 0. The van der Waals surface area contributed by atoms with Gasteiger partial charge in [0.25, 0.3) is 0 Å². The number of aliphatic carboxylic acids is 1. The summed E-state index contributed by atoms with van der Waals surface area (Å²) in [6.45, 7) is 4.27. The van der Waals surface area contributed by atoms with E-state index in [-0.39, 0.29) is 0 Å². The molecule has 7 heteroatoms. The van der Waals surface area contributed by atoms with E-state index in [1.165, 1.54) is 20.8 Å². The van der Waals surface area contributed by atoms with E-state index in [1.807, 2.05) is 0 Å². The van der Waals surface area contributed by atoms with Crippen LogP contribution < -0.4 is 16.4 Å². The summed E-state index contributed by atoms with van der Waals surface area (Å²) in [5.41, 5.74) is 5.30. The van der Waals surface area contributed by atoms with Crippen molar-refractivity contribution < 1.29 is 19.5 Å². The van der Waals surface area contributed by atoms with E-state index in [1.54, 1.807) is 0 Å². The van der Waals surface area contributed by atoms with Crippen LogP contribution in [0.5, 0.6) is 0 Å². The van der Waals surface area contributed by atoms with Gasteiger partial charge in [-0.05, 0) is 20.8 Å². The average molecular weight is 231 g/mol. The maximum absolute atomic E-state index is 11.4.